The molecule has 0 atom stereocenters. The minimum Gasteiger partial charge on any atom is -0.464 e. The molecule has 0 bridgehead atoms. The average molecular weight is 231 g/mol. The minimum atomic E-state index is -0.486. The Morgan fingerprint density at radius 1 is 1.29 bits per heavy atom. The van der Waals surface area contributed by atoms with E-state index in [1.807, 2.05) is 32.0 Å². The number of methoxy groups -OCH3 is 1. The molecule has 0 N–H and O–H groups in total. The molecule has 1 aromatic heterocycles. The SMILES string of the molecule is COC(=O)c1cn(-c2ccc(C)c(C)c2)nn1. The lowest BCUT2D eigenvalue weighted by atomic mass is 10.1. The van der Waals surface area contributed by atoms with E-state index in [9.17, 15) is 4.79 Å². The van der Waals surface area contributed by atoms with Crippen LogP contribution in [-0.4, -0.2) is 28.1 Å². The van der Waals surface area contributed by atoms with E-state index in [0.29, 0.717) is 0 Å². The van der Waals surface area contributed by atoms with E-state index in [1.165, 1.54) is 12.7 Å². The predicted octanol–water partition coefficient (Wildman–Crippen LogP) is 1.67. The normalized spacial score (nSPS) is 10.3. The van der Waals surface area contributed by atoms with Crippen molar-refractivity contribution in [3.05, 3.63) is 41.2 Å². The van der Waals surface area contributed by atoms with Crippen LogP contribution in [0.3, 0.4) is 0 Å². The number of carbonyl (C=O) groups excluding carboxylic acids is 1. The van der Waals surface area contributed by atoms with E-state index in [4.69, 9.17) is 0 Å². The van der Waals surface area contributed by atoms with Gasteiger partial charge in [0.2, 0.25) is 0 Å². The second kappa shape index (κ2) is 4.37. The average Bonchev–Trinajstić information content (AvgIpc) is 2.81. The molecule has 0 aliphatic rings. The number of rotatable bonds is 2. The van der Waals surface area contributed by atoms with Gasteiger partial charge in [-0.2, -0.15) is 0 Å². The van der Waals surface area contributed by atoms with E-state index in [-0.39, 0.29) is 5.69 Å². The van der Waals surface area contributed by atoms with Crippen molar-refractivity contribution in [2.24, 2.45) is 0 Å². The van der Waals surface area contributed by atoms with Crippen LogP contribution in [0.15, 0.2) is 24.4 Å². The number of hydrogen-bond donors (Lipinski definition) is 0. The molecule has 0 amide bonds. The molecule has 0 spiro atoms. The summed E-state index contributed by atoms with van der Waals surface area (Å²) in [6.45, 7) is 4.07. The fraction of sp³-hybridized carbons (Fsp3) is 0.250. The summed E-state index contributed by atoms with van der Waals surface area (Å²) in [5.74, 6) is -0.486. The Labute approximate surface area is 99.0 Å². The summed E-state index contributed by atoms with van der Waals surface area (Å²) in [6, 6.07) is 5.92. The molecule has 88 valence electrons. The highest BCUT2D eigenvalue weighted by Gasteiger charge is 2.11. The molecule has 0 aliphatic heterocycles. The topological polar surface area (TPSA) is 57.0 Å². The zero-order chi connectivity index (χ0) is 12.4. The van der Waals surface area contributed by atoms with Gasteiger partial charge in [-0.05, 0) is 37.1 Å². The third-order valence-corrected chi connectivity index (χ3v) is 2.64. The number of esters is 1. The summed E-state index contributed by atoms with van der Waals surface area (Å²) < 4.78 is 6.13. The second-order valence-corrected chi connectivity index (χ2v) is 3.81. The first-order valence-electron chi connectivity index (χ1n) is 5.20. The molecule has 0 unspecified atom stereocenters. The molecule has 0 fully saturated rings. The van der Waals surface area contributed by atoms with Crippen molar-refractivity contribution in [1.29, 1.82) is 0 Å². The summed E-state index contributed by atoms with van der Waals surface area (Å²) in [4.78, 5) is 11.2. The quantitative estimate of drug-likeness (QED) is 0.738. The maximum Gasteiger partial charge on any atom is 0.360 e. The van der Waals surface area contributed by atoms with Gasteiger partial charge < -0.3 is 4.74 Å². The van der Waals surface area contributed by atoms with Gasteiger partial charge in [-0.1, -0.05) is 11.3 Å². The van der Waals surface area contributed by atoms with Crippen molar-refractivity contribution >= 4 is 5.97 Å². The van der Waals surface area contributed by atoms with Gasteiger partial charge in [-0.25, -0.2) is 9.48 Å². The monoisotopic (exact) mass is 231 g/mol. The highest BCUT2D eigenvalue weighted by Crippen LogP contribution is 2.13. The first-order chi connectivity index (χ1) is 8.11. The molecule has 1 heterocycles. The van der Waals surface area contributed by atoms with Gasteiger partial charge in [0.15, 0.2) is 5.69 Å². The Bertz CT molecular complexity index is 561. The number of nitrogens with zero attached hydrogens (tertiary/aromatic N) is 3. The Kier molecular flexibility index (Phi) is 2.91. The molecule has 17 heavy (non-hydrogen) atoms. The smallest absolute Gasteiger partial charge is 0.360 e. The molecule has 0 aliphatic carbocycles. The summed E-state index contributed by atoms with van der Waals surface area (Å²) >= 11 is 0. The summed E-state index contributed by atoms with van der Waals surface area (Å²) in [6.07, 6.45) is 1.55. The maximum atomic E-state index is 11.2. The van der Waals surface area contributed by atoms with Crippen LogP contribution in [0, 0.1) is 13.8 Å². The molecule has 1 aromatic carbocycles. The number of benzene rings is 1. The fourth-order valence-electron chi connectivity index (χ4n) is 1.46. The number of ether oxygens (including phenoxy) is 1. The van der Waals surface area contributed by atoms with Crippen LogP contribution in [0.1, 0.15) is 21.6 Å². The molecule has 5 nitrogen and oxygen atoms in total. The molecule has 0 radical (unpaired) electrons. The molecular weight excluding hydrogens is 218 g/mol. The molecule has 2 rings (SSSR count). The summed E-state index contributed by atoms with van der Waals surface area (Å²) in [7, 11) is 1.32. The summed E-state index contributed by atoms with van der Waals surface area (Å²) in [5.41, 5.74) is 3.45. The van der Waals surface area contributed by atoms with Gasteiger partial charge in [-0.3, -0.25) is 0 Å². The van der Waals surface area contributed by atoms with Crippen molar-refractivity contribution in [1.82, 2.24) is 15.0 Å². The largest absolute Gasteiger partial charge is 0.464 e. The first-order valence-corrected chi connectivity index (χ1v) is 5.20. The Morgan fingerprint density at radius 3 is 2.71 bits per heavy atom. The standard InChI is InChI=1S/C12H13N3O2/c1-8-4-5-10(6-9(8)2)15-7-11(13-14-15)12(16)17-3/h4-7H,1-3H3. The summed E-state index contributed by atoms with van der Waals surface area (Å²) in [5, 5.41) is 7.65. The van der Waals surface area contributed by atoms with Crippen molar-refractivity contribution in [2.45, 2.75) is 13.8 Å². The van der Waals surface area contributed by atoms with Crippen LogP contribution >= 0.6 is 0 Å². The lowest BCUT2D eigenvalue weighted by Crippen LogP contribution is -2.01. The molecule has 0 saturated carbocycles. The van der Waals surface area contributed by atoms with Crippen LogP contribution in [0.5, 0.6) is 0 Å². The third-order valence-electron chi connectivity index (χ3n) is 2.64. The van der Waals surface area contributed by atoms with E-state index < -0.39 is 5.97 Å². The van der Waals surface area contributed by atoms with Crippen LogP contribution in [-0.2, 0) is 4.74 Å². The number of aryl methyl sites for hydroxylation is 2. The van der Waals surface area contributed by atoms with Crippen LogP contribution in [0.4, 0.5) is 0 Å². The number of carbonyl (C=O) groups is 1. The zero-order valence-electron chi connectivity index (χ0n) is 9.97. The highest BCUT2D eigenvalue weighted by atomic mass is 16.5. The predicted molar refractivity (Wildman–Crippen MR) is 62.2 cm³/mol. The Hall–Kier alpha value is -2.17. The highest BCUT2D eigenvalue weighted by molar-refractivity contribution is 5.86. The Morgan fingerprint density at radius 2 is 2.06 bits per heavy atom. The van der Waals surface area contributed by atoms with E-state index in [0.717, 1.165) is 11.3 Å². The van der Waals surface area contributed by atoms with Crippen molar-refractivity contribution < 1.29 is 9.53 Å². The number of hydrogen-bond acceptors (Lipinski definition) is 4. The minimum absolute atomic E-state index is 0.200. The lowest BCUT2D eigenvalue weighted by molar-refractivity contribution is 0.0594. The van der Waals surface area contributed by atoms with Crippen LogP contribution in [0.2, 0.25) is 0 Å². The molecule has 0 saturated heterocycles. The second-order valence-electron chi connectivity index (χ2n) is 3.81. The lowest BCUT2D eigenvalue weighted by Gasteiger charge is -2.03. The Balaban J connectivity index is 2.37. The van der Waals surface area contributed by atoms with Gasteiger partial charge >= 0.3 is 5.97 Å². The maximum absolute atomic E-state index is 11.2. The van der Waals surface area contributed by atoms with Crippen LogP contribution in [0.25, 0.3) is 5.69 Å². The van der Waals surface area contributed by atoms with E-state index in [1.54, 1.807) is 10.9 Å². The molecule has 2 aromatic rings. The van der Waals surface area contributed by atoms with Crippen molar-refractivity contribution in [2.75, 3.05) is 7.11 Å². The fourth-order valence-corrected chi connectivity index (χ4v) is 1.46. The van der Waals surface area contributed by atoms with Gasteiger partial charge in [0.25, 0.3) is 0 Å². The van der Waals surface area contributed by atoms with Gasteiger partial charge in [0.05, 0.1) is 19.0 Å². The third kappa shape index (κ3) is 2.18. The molecular formula is C12H13N3O2. The van der Waals surface area contributed by atoms with E-state index in [2.05, 4.69) is 15.0 Å². The van der Waals surface area contributed by atoms with Crippen molar-refractivity contribution in [3.8, 4) is 5.69 Å². The molecule has 5 heteroatoms. The van der Waals surface area contributed by atoms with Gasteiger partial charge in [0, 0.05) is 0 Å². The van der Waals surface area contributed by atoms with Gasteiger partial charge in [0.1, 0.15) is 0 Å². The zero-order valence-corrected chi connectivity index (χ0v) is 9.97. The van der Waals surface area contributed by atoms with E-state index >= 15 is 0 Å². The van der Waals surface area contributed by atoms with Crippen LogP contribution < -0.4 is 0 Å². The van der Waals surface area contributed by atoms with Gasteiger partial charge in [-0.15, -0.1) is 5.10 Å². The number of aromatic nitrogens is 3. The van der Waals surface area contributed by atoms with Crippen molar-refractivity contribution in [3.63, 3.8) is 0 Å². The first kappa shape index (κ1) is 11.3.